The monoisotopic (exact) mass is 380 g/mol. The van der Waals surface area contributed by atoms with E-state index in [1.165, 1.54) is 0 Å². The van der Waals surface area contributed by atoms with Crippen LogP contribution in [0.4, 0.5) is 0 Å². The maximum Gasteiger partial charge on any atom is 0.239 e. The molecule has 2 fully saturated rings. The van der Waals surface area contributed by atoms with Gasteiger partial charge in [-0.15, -0.1) is 0 Å². The predicted octanol–water partition coefficient (Wildman–Crippen LogP) is -0.0375. The molecule has 0 saturated carbocycles. The Hall–Kier alpha value is -1.83. The van der Waals surface area contributed by atoms with Crippen LogP contribution >= 0.6 is 0 Å². The van der Waals surface area contributed by atoms with E-state index < -0.39 is 0 Å². The van der Waals surface area contributed by atoms with Crippen molar-refractivity contribution >= 4 is 17.8 Å². The van der Waals surface area contributed by atoms with Crippen LogP contribution in [0.15, 0.2) is 4.99 Å². The number of likely N-dealkylation sites (tertiary alicyclic amines) is 1. The molecule has 154 valence electrons. The summed E-state index contributed by atoms with van der Waals surface area (Å²) in [5.74, 6) is 1.19. The second kappa shape index (κ2) is 10.5. The van der Waals surface area contributed by atoms with E-state index >= 15 is 0 Å². The molecular formula is C19H36N6O2. The average molecular weight is 381 g/mol. The molecule has 2 heterocycles. The molecular weight excluding hydrogens is 344 g/mol. The summed E-state index contributed by atoms with van der Waals surface area (Å²) in [6.07, 6.45) is 2.26. The van der Waals surface area contributed by atoms with Gasteiger partial charge in [-0.25, -0.2) is 0 Å². The fourth-order valence-corrected chi connectivity index (χ4v) is 3.58. The first-order valence-electron chi connectivity index (χ1n) is 10.2. The molecule has 0 radical (unpaired) electrons. The summed E-state index contributed by atoms with van der Waals surface area (Å²) in [6.45, 7) is 12.2. The van der Waals surface area contributed by atoms with Gasteiger partial charge in [-0.05, 0) is 19.8 Å². The number of hydrogen-bond acceptors (Lipinski definition) is 4. The lowest BCUT2D eigenvalue weighted by atomic mass is 10.2. The van der Waals surface area contributed by atoms with Gasteiger partial charge in [-0.3, -0.25) is 19.5 Å². The van der Waals surface area contributed by atoms with Crippen molar-refractivity contribution in [1.29, 1.82) is 0 Å². The lowest BCUT2D eigenvalue weighted by Crippen LogP contribution is -2.57. The van der Waals surface area contributed by atoms with Crippen LogP contribution in [-0.2, 0) is 9.59 Å². The van der Waals surface area contributed by atoms with Crippen LogP contribution in [0.2, 0.25) is 0 Å². The number of hydrogen-bond donors (Lipinski definition) is 2. The Bertz CT molecular complexity index is 522. The zero-order chi connectivity index (χ0) is 19.8. The first-order valence-corrected chi connectivity index (χ1v) is 10.2. The third-order valence-corrected chi connectivity index (χ3v) is 5.38. The highest BCUT2D eigenvalue weighted by atomic mass is 16.2. The molecule has 2 aliphatic rings. The average Bonchev–Trinajstić information content (AvgIpc) is 3.21. The van der Waals surface area contributed by atoms with Crippen molar-refractivity contribution in [2.24, 2.45) is 10.9 Å². The van der Waals surface area contributed by atoms with Crippen molar-refractivity contribution < 1.29 is 9.59 Å². The first kappa shape index (κ1) is 21.5. The minimum atomic E-state index is -0.0496. The molecule has 27 heavy (non-hydrogen) atoms. The van der Waals surface area contributed by atoms with Crippen molar-refractivity contribution in [1.82, 2.24) is 25.3 Å². The zero-order valence-electron chi connectivity index (χ0n) is 17.3. The molecule has 2 aliphatic heterocycles. The first-order chi connectivity index (χ1) is 12.9. The third kappa shape index (κ3) is 6.09. The van der Waals surface area contributed by atoms with Crippen molar-refractivity contribution in [2.45, 2.75) is 39.7 Å². The number of nitrogens with zero attached hydrogens (tertiary/aromatic N) is 4. The van der Waals surface area contributed by atoms with Crippen molar-refractivity contribution in [3.05, 3.63) is 0 Å². The molecule has 0 aromatic heterocycles. The van der Waals surface area contributed by atoms with E-state index in [2.05, 4.69) is 25.4 Å². The third-order valence-electron chi connectivity index (χ3n) is 5.38. The van der Waals surface area contributed by atoms with Gasteiger partial charge in [-0.1, -0.05) is 13.8 Å². The molecule has 0 aliphatic carbocycles. The minimum Gasteiger partial charge on any atom is -0.354 e. The predicted molar refractivity (Wildman–Crippen MR) is 108 cm³/mol. The Morgan fingerprint density at radius 1 is 0.889 bits per heavy atom. The maximum absolute atomic E-state index is 12.6. The summed E-state index contributed by atoms with van der Waals surface area (Å²) in [4.78, 5) is 35.0. The van der Waals surface area contributed by atoms with Gasteiger partial charge in [0.15, 0.2) is 5.96 Å². The number of carbonyl (C=O) groups excluding carboxylic acids is 2. The summed E-state index contributed by atoms with van der Waals surface area (Å²) < 4.78 is 0. The number of aliphatic imine (C=N–C) groups is 1. The van der Waals surface area contributed by atoms with Crippen LogP contribution in [0.1, 0.15) is 33.6 Å². The van der Waals surface area contributed by atoms with Crippen LogP contribution in [0.3, 0.4) is 0 Å². The standard InChI is InChI=1S/C19H36N6O2/c1-15(2)17(26)21-7-8-22-19(20-4)25-13-11-23(12-14-25)16(3)18(27)24-9-5-6-10-24/h15-16H,5-14H2,1-4H3,(H,20,22)(H,21,26). The molecule has 1 atom stereocenters. The molecule has 1 unspecified atom stereocenters. The Morgan fingerprint density at radius 2 is 1.48 bits per heavy atom. The van der Waals surface area contributed by atoms with Gasteiger partial charge in [0.05, 0.1) is 6.04 Å². The molecule has 0 aromatic carbocycles. The number of carbonyl (C=O) groups is 2. The van der Waals surface area contributed by atoms with Gasteiger partial charge in [0, 0.05) is 65.3 Å². The Balaban J connectivity index is 1.72. The van der Waals surface area contributed by atoms with E-state index in [9.17, 15) is 9.59 Å². The van der Waals surface area contributed by atoms with E-state index in [0.29, 0.717) is 13.1 Å². The fourth-order valence-electron chi connectivity index (χ4n) is 3.58. The van der Waals surface area contributed by atoms with Gasteiger partial charge in [0.2, 0.25) is 11.8 Å². The van der Waals surface area contributed by atoms with E-state index in [0.717, 1.165) is 58.1 Å². The normalized spacial score (nSPS) is 20.1. The summed E-state index contributed by atoms with van der Waals surface area (Å²) in [5, 5.41) is 6.21. The highest BCUT2D eigenvalue weighted by molar-refractivity contribution is 5.82. The number of piperazine rings is 1. The molecule has 2 amide bonds. The Labute approximate surface area is 163 Å². The number of amides is 2. The highest BCUT2D eigenvalue weighted by Gasteiger charge is 2.30. The summed E-state index contributed by atoms with van der Waals surface area (Å²) in [6, 6.07) is -0.0496. The van der Waals surface area contributed by atoms with Crippen molar-refractivity contribution in [3.63, 3.8) is 0 Å². The van der Waals surface area contributed by atoms with E-state index in [4.69, 9.17) is 0 Å². The smallest absolute Gasteiger partial charge is 0.239 e. The molecule has 2 rings (SSSR count). The fraction of sp³-hybridized carbons (Fsp3) is 0.842. The lowest BCUT2D eigenvalue weighted by molar-refractivity contribution is -0.135. The lowest BCUT2D eigenvalue weighted by Gasteiger charge is -2.39. The van der Waals surface area contributed by atoms with E-state index in [-0.39, 0.29) is 23.8 Å². The molecule has 0 aromatic rings. The highest BCUT2D eigenvalue weighted by Crippen LogP contribution is 2.14. The SMILES string of the molecule is CN=C(NCCNC(=O)C(C)C)N1CCN(C(C)C(=O)N2CCCC2)CC1. The van der Waals surface area contributed by atoms with Gasteiger partial charge in [-0.2, -0.15) is 0 Å². The minimum absolute atomic E-state index is 0.00245. The van der Waals surface area contributed by atoms with Crippen molar-refractivity contribution in [2.75, 3.05) is 59.4 Å². The van der Waals surface area contributed by atoms with Crippen LogP contribution in [0, 0.1) is 5.92 Å². The summed E-state index contributed by atoms with van der Waals surface area (Å²) >= 11 is 0. The maximum atomic E-state index is 12.6. The molecule has 8 nitrogen and oxygen atoms in total. The zero-order valence-corrected chi connectivity index (χ0v) is 17.3. The van der Waals surface area contributed by atoms with Crippen molar-refractivity contribution in [3.8, 4) is 0 Å². The summed E-state index contributed by atoms with van der Waals surface area (Å²) in [7, 11) is 1.78. The topological polar surface area (TPSA) is 80.3 Å². The van der Waals surface area contributed by atoms with Crippen LogP contribution in [-0.4, -0.2) is 97.9 Å². The van der Waals surface area contributed by atoms with E-state index in [1.807, 2.05) is 25.7 Å². The second-order valence-electron chi connectivity index (χ2n) is 7.65. The molecule has 2 N–H and O–H groups in total. The molecule has 0 spiro atoms. The Morgan fingerprint density at radius 3 is 2.04 bits per heavy atom. The van der Waals surface area contributed by atoms with Gasteiger partial charge < -0.3 is 20.4 Å². The van der Waals surface area contributed by atoms with Crippen LogP contribution in [0.25, 0.3) is 0 Å². The second-order valence-corrected chi connectivity index (χ2v) is 7.65. The summed E-state index contributed by atoms with van der Waals surface area (Å²) in [5.41, 5.74) is 0. The quantitative estimate of drug-likeness (QED) is 0.384. The molecule has 2 saturated heterocycles. The molecule has 8 heteroatoms. The van der Waals surface area contributed by atoms with E-state index in [1.54, 1.807) is 7.05 Å². The Kier molecular flexibility index (Phi) is 8.34. The van der Waals surface area contributed by atoms with Gasteiger partial charge in [0.25, 0.3) is 0 Å². The van der Waals surface area contributed by atoms with Gasteiger partial charge in [0.1, 0.15) is 0 Å². The van der Waals surface area contributed by atoms with Gasteiger partial charge >= 0.3 is 0 Å². The van der Waals surface area contributed by atoms with Crippen LogP contribution < -0.4 is 10.6 Å². The number of nitrogens with one attached hydrogen (secondary N) is 2. The largest absolute Gasteiger partial charge is 0.354 e. The molecule has 0 bridgehead atoms. The number of rotatable bonds is 6. The number of guanidine groups is 1. The van der Waals surface area contributed by atoms with Crippen LogP contribution in [0.5, 0.6) is 0 Å².